The van der Waals surface area contributed by atoms with Crippen LogP contribution in [-0.4, -0.2) is 40.0 Å². The number of rotatable bonds is 13. The highest BCUT2D eigenvalue weighted by molar-refractivity contribution is 7.99. The average Bonchev–Trinajstić information content (AvgIpc) is 2.91. The van der Waals surface area contributed by atoms with Crippen LogP contribution in [0.3, 0.4) is 0 Å². The predicted molar refractivity (Wildman–Crippen MR) is 153 cm³/mol. The zero-order valence-electron chi connectivity index (χ0n) is 21.5. The molecule has 7 nitrogen and oxygen atoms in total. The van der Waals surface area contributed by atoms with Crippen molar-refractivity contribution in [1.29, 1.82) is 0 Å². The van der Waals surface area contributed by atoms with E-state index in [-0.39, 0.29) is 35.7 Å². The number of benzene rings is 3. The Kier molecular flexibility index (Phi) is 11.2. The van der Waals surface area contributed by atoms with E-state index < -0.39 is 11.0 Å². The summed E-state index contributed by atoms with van der Waals surface area (Å²) in [6.07, 6.45) is 0.386. The molecule has 3 rings (SSSR count). The number of hydrogen-bond acceptors (Lipinski definition) is 5. The van der Waals surface area contributed by atoms with Crippen LogP contribution >= 0.6 is 23.4 Å². The van der Waals surface area contributed by atoms with E-state index in [1.54, 1.807) is 29.2 Å². The number of amides is 2. The largest absolute Gasteiger partial charge is 0.354 e. The second-order valence-corrected chi connectivity index (χ2v) is 10.8. The molecule has 0 aliphatic heterocycles. The third-order valence-electron chi connectivity index (χ3n) is 5.86. The quantitative estimate of drug-likeness (QED) is 0.210. The Bertz CT molecular complexity index is 1200. The smallest absolute Gasteiger partial charge is 0.269 e. The minimum Gasteiger partial charge on any atom is -0.354 e. The summed E-state index contributed by atoms with van der Waals surface area (Å²) in [7, 11) is 0. The van der Waals surface area contributed by atoms with E-state index in [1.807, 2.05) is 56.3 Å². The topological polar surface area (TPSA) is 92.6 Å². The minimum absolute atomic E-state index is 0.0279. The molecule has 0 aliphatic rings. The van der Waals surface area contributed by atoms with Gasteiger partial charge >= 0.3 is 0 Å². The molecule has 0 spiro atoms. The summed E-state index contributed by atoms with van der Waals surface area (Å²) in [5, 5.41) is 14.5. The lowest BCUT2D eigenvalue weighted by Gasteiger charge is -2.32. The number of non-ortho nitro benzene ring substituents is 1. The molecule has 0 unspecified atom stereocenters. The fraction of sp³-hybridized carbons (Fsp3) is 0.310. The zero-order chi connectivity index (χ0) is 27.5. The molecule has 0 radical (unpaired) electrons. The predicted octanol–water partition coefficient (Wildman–Crippen LogP) is 5.89. The fourth-order valence-electron chi connectivity index (χ4n) is 3.82. The van der Waals surface area contributed by atoms with Crippen LogP contribution in [0.2, 0.25) is 5.02 Å². The van der Waals surface area contributed by atoms with Crippen molar-refractivity contribution in [2.24, 2.45) is 5.92 Å². The number of nitro benzene ring substituents is 1. The summed E-state index contributed by atoms with van der Waals surface area (Å²) in [6.45, 7) is 4.83. The van der Waals surface area contributed by atoms with E-state index in [0.29, 0.717) is 23.7 Å². The van der Waals surface area contributed by atoms with E-state index in [0.717, 1.165) is 16.7 Å². The van der Waals surface area contributed by atoms with Crippen molar-refractivity contribution >= 4 is 40.9 Å². The van der Waals surface area contributed by atoms with Gasteiger partial charge in [0.1, 0.15) is 6.04 Å². The summed E-state index contributed by atoms with van der Waals surface area (Å²) in [5.41, 5.74) is 2.75. The van der Waals surface area contributed by atoms with Crippen LogP contribution in [0.25, 0.3) is 0 Å². The van der Waals surface area contributed by atoms with Gasteiger partial charge in [-0.15, -0.1) is 11.8 Å². The van der Waals surface area contributed by atoms with E-state index in [2.05, 4.69) is 5.32 Å². The van der Waals surface area contributed by atoms with Gasteiger partial charge in [-0.25, -0.2) is 0 Å². The van der Waals surface area contributed by atoms with Gasteiger partial charge in [-0.2, -0.15) is 0 Å². The first-order valence-electron chi connectivity index (χ1n) is 12.4. The van der Waals surface area contributed by atoms with Gasteiger partial charge in [0.05, 0.1) is 10.7 Å². The van der Waals surface area contributed by atoms with Gasteiger partial charge in [0.2, 0.25) is 11.8 Å². The van der Waals surface area contributed by atoms with Crippen LogP contribution in [-0.2, 0) is 28.3 Å². The molecule has 1 atom stereocenters. The fourth-order valence-corrected chi connectivity index (χ4v) is 4.81. The van der Waals surface area contributed by atoms with Gasteiger partial charge < -0.3 is 10.2 Å². The third-order valence-corrected chi connectivity index (χ3v) is 7.10. The number of halogens is 1. The van der Waals surface area contributed by atoms with Crippen LogP contribution in [0.4, 0.5) is 5.69 Å². The maximum absolute atomic E-state index is 13.6. The number of thioether (sulfide) groups is 1. The highest BCUT2D eigenvalue weighted by Gasteiger charge is 2.30. The van der Waals surface area contributed by atoms with Gasteiger partial charge in [0, 0.05) is 42.4 Å². The average molecular weight is 554 g/mol. The van der Waals surface area contributed by atoms with E-state index >= 15 is 0 Å². The van der Waals surface area contributed by atoms with Crippen molar-refractivity contribution in [3.8, 4) is 0 Å². The van der Waals surface area contributed by atoms with Gasteiger partial charge in [-0.1, -0.05) is 80.0 Å². The number of carbonyl (C=O) groups is 2. The van der Waals surface area contributed by atoms with Gasteiger partial charge in [-0.05, 0) is 34.7 Å². The maximum Gasteiger partial charge on any atom is 0.269 e. The highest BCUT2D eigenvalue weighted by Crippen LogP contribution is 2.21. The molecule has 0 saturated carbocycles. The summed E-state index contributed by atoms with van der Waals surface area (Å²) in [6, 6.07) is 22.5. The lowest BCUT2D eigenvalue weighted by molar-refractivity contribution is -0.384. The van der Waals surface area contributed by atoms with E-state index in [1.165, 1.54) is 23.9 Å². The van der Waals surface area contributed by atoms with Crippen molar-refractivity contribution in [2.45, 2.75) is 38.6 Å². The minimum atomic E-state index is -0.695. The Balaban J connectivity index is 1.81. The Hall–Kier alpha value is -3.36. The van der Waals surface area contributed by atoms with E-state index in [9.17, 15) is 19.7 Å². The first kappa shape index (κ1) is 29.2. The van der Waals surface area contributed by atoms with Crippen molar-refractivity contribution in [3.05, 3.63) is 111 Å². The summed E-state index contributed by atoms with van der Waals surface area (Å²) >= 11 is 7.48. The second-order valence-electron chi connectivity index (χ2n) is 9.41. The second kappa shape index (κ2) is 14.5. The Morgan fingerprint density at radius 3 is 2.18 bits per heavy atom. The van der Waals surface area contributed by atoms with Gasteiger partial charge in [-0.3, -0.25) is 19.7 Å². The summed E-state index contributed by atoms with van der Waals surface area (Å²) < 4.78 is 0. The SMILES string of the molecule is CC(C)CNC(=O)[C@@H](Cc1ccccc1)N(Cc1ccc(Cl)cc1)C(=O)CSCc1ccc([N+](=O)[O-])cc1. The summed E-state index contributed by atoms with van der Waals surface area (Å²) in [4.78, 5) is 39.2. The van der Waals surface area contributed by atoms with Gasteiger partial charge in [0.25, 0.3) is 5.69 Å². The molecule has 9 heteroatoms. The Morgan fingerprint density at radius 2 is 1.58 bits per heavy atom. The molecule has 200 valence electrons. The van der Waals surface area contributed by atoms with Crippen LogP contribution in [0.5, 0.6) is 0 Å². The first-order chi connectivity index (χ1) is 18.2. The van der Waals surface area contributed by atoms with E-state index in [4.69, 9.17) is 11.6 Å². The van der Waals surface area contributed by atoms with Crippen LogP contribution in [0.1, 0.15) is 30.5 Å². The third kappa shape index (κ3) is 9.19. The standard InChI is InChI=1S/C29H32ClN3O4S/c1-21(2)17-31-29(35)27(16-22-6-4-3-5-7-22)32(18-23-8-12-25(30)13-9-23)28(34)20-38-19-24-10-14-26(15-11-24)33(36)37/h3-15,21,27H,16-20H2,1-2H3,(H,31,35)/t27-/m1/s1. The number of nitro groups is 1. The highest BCUT2D eigenvalue weighted by atomic mass is 35.5. The molecule has 0 heterocycles. The molecular formula is C29H32ClN3O4S. The molecule has 38 heavy (non-hydrogen) atoms. The molecular weight excluding hydrogens is 522 g/mol. The normalized spacial score (nSPS) is 11.7. The lowest BCUT2D eigenvalue weighted by Crippen LogP contribution is -2.51. The number of carbonyl (C=O) groups excluding carboxylic acids is 2. The molecule has 3 aromatic carbocycles. The van der Waals surface area contributed by atoms with Crippen molar-refractivity contribution < 1.29 is 14.5 Å². The lowest BCUT2D eigenvalue weighted by atomic mass is 10.0. The van der Waals surface area contributed by atoms with Crippen LogP contribution in [0, 0.1) is 16.0 Å². The summed E-state index contributed by atoms with van der Waals surface area (Å²) in [5.74, 6) is 0.598. The molecule has 2 amide bonds. The molecule has 0 fully saturated rings. The zero-order valence-corrected chi connectivity index (χ0v) is 23.1. The maximum atomic E-state index is 13.6. The Morgan fingerprint density at radius 1 is 0.947 bits per heavy atom. The number of nitrogens with one attached hydrogen (secondary N) is 1. The van der Waals surface area contributed by atoms with Crippen LogP contribution < -0.4 is 5.32 Å². The van der Waals surface area contributed by atoms with Gasteiger partial charge in [0.15, 0.2) is 0 Å². The molecule has 0 bridgehead atoms. The number of hydrogen-bond donors (Lipinski definition) is 1. The Labute approximate surface area is 232 Å². The first-order valence-corrected chi connectivity index (χ1v) is 13.9. The molecule has 3 aromatic rings. The van der Waals surface area contributed by atoms with Crippen LogP contribution in [0.15, 0.2) is 78.9 Å². The number of nitrogens with zero attached hydrogens (tertiary/aromatic N) is 2. The van der Waals surface area contributed by atoms with Crippen molar-refractivity contribution in [3.63, 3.8) is 0 Å². The molecule has 0 saturated heterocycles. The monoisotopic (exact) mass is 553 g/mol. The van der Waals surface area contributed by atoms with Crippen molar-refractivity contribution in [1.82, 2.24) is 10.2 Å². The molecule has 1 N–H and O–H groups in total. The molecule has 0 aliphatic carbocycles. The molecule has 0 aromatic heterocycles. The van der Waals surface area contributed by atoms with Crippen molar-refractivity contribution in [2.75, 3.05) is 12.3 Å².